The second-order valence-corrected chi connectivity index (χ2v) is 7.51. The van der Waals surface area contributed by atoms with Crippen molar-refractivity contribution >= 4 is 11.7 Å². The Balaban J connectivity index is 2.29. The molecule has 2 aliphatic rings. The number of fused-ring (bicyclic) bond motifs is 3. The summed E-state index contributed by atoms with van der Waals surface area (Å²) in [5, 5.41) is 0. The van der Waals surface area contributed by atoms with Crippen LogP contribution in [0.5, 0.6) is 0 Å². The average molecular weight is 287 g/mol. The lowest BCUT2D eigenvalue weighted by molar-refractivity contribution is -0.160. The molecule has 0 aliphatic carbocycles. The van der Waals surface area contributed by atoms with E-state index in [2.05, 4.69) is 0 Å². The summed E-state index contributed by atoms with van der Waals surface area (Å²) in [7, 11) is 0. The lowest BCUT2D eigenvalue weighted by Gasteiger charge is -2.38. The second-order valence-electron chi connectivity index (χ2n) is 7.51. The fourth-order valence-corrected chi connectivity index (χ4v) is 3.34. The van der Waals surface area contributed by atoms with Crippen molar-refractivity contribution < 1.29 is 14.3 Å². The third-order valence-electron chi connectivity index (χ3n) is 4.27. The third-order valence-corrected chi connectivity index (χ3v) is 4.27. The number of benzene rings is 1. The van der Waals surface area contributed by atoms with E-state index in [1.54, 1.807) is 11.0 Å². The molecule has 0 saturated carbocycles. The SMILES string of the molecule is CC(C)(C)C(=O)C12OCC(C)(C)N1C(=O)c1ccccc12. The molecule has 1 unspecified atom stereocenters. The normalized spacial score (nSPS) is 26.7. The number of hydrogen-bond donors (Lipinski definition) is 0. The molecule has 0 N–H and O–H groups in total. The molecule has 2 aliphatic heterocycles. The molecule has 4 nitrogen and oxygen atoms in total. The summed E-state index contributed by atoms with van der Waals surface area (Å²) >= 11 is 0. The molecule has 1 aromatic rings. The van der Waals surface area contributed by atoms with E-state index in [1.165, 1.54) is 0 Å². The number of ether oxygens (including phenoxy) is 1. The largest absolute Gasteiger partial charge is 0.342 e. The van der Waals surface area contributed by atoms with Crippen molar-refractivity contribution in [1.29, 1.82) is 0 Å². The average Bonchev–Trinajstić information content (AvgIpc) is 2.82. The van der Waals surface area contributed by atoms with Crippen molar-refractivity contribution in [2.45, 2.75) is 45.9 Å². The van der Waals surface area contributed by atoms with Crippen molar-refractivity contribution in [3.63, 3.8) is 0 Å². The van der Waals surface area contributed by atoms with Crippen LogP contribution in [0.2, 0.25) is 0 Å². The van der Waals surface area contributed by atoms with Gasteiger partial charge in [0.05, 0.1) is 12.1 Å². The first-order valence-corrected chi connectivity index (χ1v) is 7.25. The van der Waals surface area contributed by atoms with Gasteiger partial charge in [-0.05, 0) is 19.9 Å². The van der Waals surface area contributed by atoms with Crippen LogP contribution in [0.4, 0.5) is 0 Å². The van der Waals surface area contributed by atoms with Gasteiger partial charge in [0.2, 0.25) is 5.72 Å². The summed E-state index contributed by atoms with van der Waals surface area (Å²) in [5.74, 6) is -0.190. The van der Waals surface area contributed by atoms with Gasteiger partial charge in [-0.1, -0.05) is 39.0 Å². The Labute approximate surface area is 125 Å². The number of Topliss-reactive ketones (excluding diaryl/α,β-unsaturated/α-hetero) is 1. The summed E-state index contributed by atoms with van der Waals surface area (Å²) in [6.45, 7) is 9.82. The highest BCUT2D eigenvalue weighted by Crippen LogP contribution is 2.52. The summed E-state index contributed by atoms with van der Waals surface area (Å²) in [4.78, 5) is 27.6. The van der Waals surface area contributed by atoms with Gasteiger partial charge in [0.1, 0.15) is 0 Å². The Morgan fingerprint density at radius 3 is 2.48 bits per heavy atom. The van der Waals surface area contributed by atoms with Crippen LogP contribution in [0.1, 0.15) is 50.5 Å². The number of rotatable bonds is 1. The Hall–Kier alpha value is -1.68. The van der Waals surface area contributed by atoms with Gasteiger partial charge in [0.15, 0.2) is 5.78 Å². The molecule has 4 heteroatoms. The molecule has 1 aromatic carbocycles. The molecular formula is C17H21NO3. The Morgan fingerprint density at radius 2 is 1.86 bits per heavy atom. The molecule has 3 rings (SSSR count). The van der Waals surface area contributed by atoms with Crippen LogP contribution in [0, 0.1) is 5.41 Å². The van der Waals surface area contributed by atoms with Crippen molar-refractivity contribution in [1.82, 2.24) is 4.90 Å². The van der Waals surface area contributed by atoms with Gasteiger partial charge in [-0.3, -0.25) is 14.5 Å². The van der Waals surface area contributed by atoms with E-state index in [9.17, 15) is 9.59 Å². The van der Waals surface area contributed by atoms with Crippen LogP contribution in [-0.2, 0) is 15.3 Å². The molecule has 21 heavy (non-hydrogen) atoms. The minimum Gasteiger partial charge on any atom is -0.342 e. The first kappa shape index (κ1) is 14.3. The van der Waals surface area contributed by atoms with Gasteiger partial charge in [-0.25, -0.2) is 0 Å². The molecule has 112 valence electrons. The zero-order valence-electron chi connectivity index (χ0n) is 13.2. The monoisotopic (exact) mass is 287 g/mol. The van der Waals surface area contributed by atoms with E-state index in [0.29, 0.717) is 17.7 Å². The van der Waals surface area contributed by atoms with Gasteiger partial charge < -0.3 is 4.74 Å². The molecule has 0 bridgehead atoms. The number of ketones is 1. The van der Waals surface area contributed by atoms with Gasteiger partial charge in [-0.2, -0.15) is 0 Å². The van der Waals surface area contributed by atoms with Crippen LogP contribution >= 0.6 is 0 Å². The number of carbonyl (C=O) groups excluding carboxylic acids is 2. The van der Waals surface area contributed by atoms with Crippen molar-refractivity contribution in [2.75, 3.05) is 6.61 Å². The summed E-state index contributed by atoms with van der Waals surface area (Å²) in [5.41, 5.74) is -1.12. The zero-order chi connectivity index (χ0) is 15.6. The van der Waals surface area contributed by atoms with E-state index in [1.807, 2.05) is 52.8 Å². The minimum absolute atomic E-state index is 0.0705. The van der Waals surface area contributed by atoms with Crippen LogP contribution in [-0.4, -0.2) is 28.7 Å². The lowest BCUT2D eigenvalue weighted by atomic mass is 9.81. The summed E-state index contributed by atoms with van der Waals surface area (Å²) < 4.78 is 6.02. The lowest BCUT2D eigenvalue weighted by Crippen LogP contribution is -2.55. The molecule has 0 spiro atoms. The molecule has 2 heterocycles. The molecular weight excluding hydrogens is 266 g/mol. The van der Waals surface area contributed by atoms with E-state index in [-0.39, 0.29) is 11.7 Å². The fourth-order valence-electron chi connectivity index (χ4n) is 3.34. The predicted molar refractivity (Wildman–Crippen MR) is 78.8 cm³/mol. The molecule has 1 amide bonds. The number of nitrogens with zero attached hydrogens (tertiary/aromatic N) is 1. The van der Waals surface area contributed by atoms with Gasteiger partial charge in [-0.15, -0.1) is 0 Å². The van der Waals surface area contributed by atoms with Gasteiger partial charge >= 0.3 is 0 Å². The minimum atomic E-state index is -1.27. The second kappa shape index (κ2) is 3.95. The van der Waals surface area contributed by atoms with Crippen LogP contribution < -0.4 is 0 Å². The Bertz CT molecular complexity index is 642. The highest BCUT2D eigenvalue weighted by atomic mass is 16.5. The van der Waals surface area contributed by atoms with E-state index in [4.69, 9.17) is 4.74 Å². The molecule has 1 saturated heterocycles. The van der Waals surface area contributed by atoms with Crippen LogP contribution in [0.15, 0.2) is 24.3 Å². The number of carbonyl (C=O) groups is 2. The smallest absolute Gasteiger partial charge is 0.257 e. The fraction of sp³-hybridized carbons (Fsp3) is 0.529. The highest BCUT2D eigenvalue weighted by Gasteiger charge is 2.66. The Kier molecular flexibility index (Phi) is 2.68. The summed E-state index contributed by atoms with van der Waals surface area (Å²) in [6, 6.07) is 7.27. The number of amides is 1. The summed E-state index contributed by atoms with van der Waals surface area (Å²) in [6.07, 6.45) is 0. The first-order valence-electron chi connectivity index (χ1n) is 7.25. The van der Waals surface area contributed by atoms with Crippen molar-refractivity contribution in [3.8, 4) is 0 Å². The quantitative estimate of drug-likeness (QED) is 0.798. The standard InChI is InChI=1S/C17H21NO3/c1-15(2,3)14(20)17-12-9-7-6-8-11(12)13(19)18(17)16(4,5)10-21-17/h6-9H,10H2,1-5H3. The van der Waals surface area contributed by atoms with Crippen molar-refractivity contribution in [2.24, 2.45) is 5.41 Å². The third kappa shape index (κ3) is 1.65. The van der Waals surface area contributed by atoms with E-state index >= 15 is 0 Å². The van der Waals surface area contributed by atoms with E-state index < -0.39 is 16.7 Å². The maximum Gasteiger partial charge on any atom is 0.257 e. The molecule has 0 radical (unpaired) electrons. The van der Waals surface area contributed by atoms with Crippen LogP contribution in [0.3, 0.4) is 0 Å². The maximum absolute atomic E-state index is 13.1. The van der Waals surface area contributed by atoms with Crippen molar-refractivity contribution in [3.05, 3.63) is 35.4 Å². The number of hydrogen-bond acceptors (Lipinski definition) is 3. The van der Waals surface area contributed by atoms with Gasteiger partial charge in [0, 0.05) is 16.5 Å². The van der Waals surface area contributed by atoms with Gasteiger partial charge in [0.25, 0.3) is 5.91 Å². The predicted octanol–water partition coefficient (Wildman–Crippen LogP) is 2.72. The molecule has 1 fully saturated rings. The van der Waals surface area contributed by atoms with Crippen LogP contribution in [0.25, 0.3) is 0 Å². The Morgan fingerprint density at radius 1 is 1.24 bits per heavy atom. The first-order chi connectivity index (χ1) is 9.62. The maximum atomic E-state index is 13.1. The molecule has 1 atom stereocenters. The topological polar surface area (TPSA) is 46.6 Å². The zero-order valence-corrected chi connectivity index (χ0v) is 13.2. The molecule has 0 aromatic heterocycles. The van der Waals surface area contributed by atoms with E-state index in [0.717, 1.165) is 0 Å². The highest BCUT2D eigenvalue weighted by molar-refractivity contribution is 6.08.